The van der Waals surface area contributed by atoms with E-state index in [-0.39, 0.29) is 19.0 Å². The summed E-state index contributed by atoms with van der Waals surface area (Å²) in [6.07, 6.45) is -0.458. The minimum absolute atomic E-state index is 0.163. The van der Waals surface area contributed by atoms with Crippen LogP contribution in [0, 0.1) is 0 Å². The number of ether oxygens (including phenoxy) is 4. The second-order valence-corrected chi connectivity index (χ2v) is 4.17. The van der Waals surface area contributed by atoms with E-state index in [1.807, 2.05) is 24.3 Å². The molecule has 0 spiro atoms. The minimum atomic E-state index is -0.707. The first-order valence-corrected chi connectivity index (χ1v) is 6.67. The summed E-state index contributed by atoms with van der Waals surface area (Å²) in [4.78, 5) is 21.9. The third-order valence-corrected chi connectivity index (χ3v) is 2.57. The highest BCUT2D eigenvalue weighted by Gasteiger charge is 2.03. The molecule has 0 aliphatic heterocycles. The fourth-order valence-electron chi connectivity index (χ4n) is 1.51. The Kier molecular flexibility index (Phi) is 7.89. The zero-order chi connectivity index (χ0) is 15.5. The number of hydrogen-bond acceptors (Lipinski definition) is 6. The molecule has 0 saturated heterocycles. The van der Waals surface area contributed by atoms with Gasteiger partial charge in [0.1, 0.15) is 6.61 Å². The number of hydrogen-bond donors (Lipinski definition) is 0. The average Bonchev–Trinajstić information content (AvgIpc) is 2.50. The summed E-state index contributed by atoms with van der Waals surface area (Å²) in [5, 5.41) is 0. The molecule has 0 N–H and O–H groups in total. The Morgan fingerprint density at radius 1 is 1.00 bits per heavy atom. The topological polar surface area (TPSA) is 71.1 Å². The van der Waals surface area contributed by atoms with E-state index in [1.165, 1.54) is 7.11 Å². The molecule has 0 aromatic heterocycles. The third-order valence-electron chi connectivity index (χ3n) is 2.57. The molecule has 116 valence electrons. The lowest BCUT2D eigenvalue weighted by molar-refractivity contribution is -0.144. The smallest absolute Gasteiger partial charge is 0.466 e. The molecule has 1 rings (SSSR count). The molecule has 1 aromatic carbocycles. The van der Waals surface area contributed by atoms with Crippen LogP contribution >= 0.6 is 0 Å². The Morgan fingerprint density at radius 2 is 1.62 bits per heavy atom. The molecular weight excluding hydrogens is 276 g/mol. The van der Waals surface area contributed by atoms with E-state index in [4.69, 9.17) is 14.2 Å². The zero-order valence-corrected chi connectivity index (χ0v) is 12.3. The van der Waals surface area contributed by atoms with E-state index >= 15 is 0 Å². The van der Waals surface area contributed by atoms with Crippen molar-refractivity contribution in [3.05, 3.63) is 35.4 Å². The van der Waals surface area contributed by atoms with Crippen molar-refractivity contribution < 1.29 is 28.5 Å². The first-order valence-electron chi connectivity index (χ1n) is 6.67. The van der Waals surface area contributed by atoms with Gasteiger partial charge in [-0.3, -0.25) is 4.79 Å². The highest BCUT2D eigenvalue weighted by Crippen LogP contribution is 2.07. The normalized spacial score (nSPS) is 10.0. The summed E-state index contributed by atoms with van der Waals surface area (Å²) in [5.74, 6) is -0.257. The Morgan fingerprint density at radius 3 is 2.19 bits per heavy atom. The Balaban J connectivity index is 2.25. The molecule has 0 fully saturated rings. The Hall–Kier alpha value is -2.08. The molecule has 0 radical (unpaired) electrons. The van der Waals surface area contributed by atoms with E-state index in [1.54, 1.807) is 6.92 Å². The number of rotatable bonds is 8. The summed E-state index contributed by atoms with van der Waals surface area (Å²) in [7, 11) is 1.26. The highest BCUT2D eigenvalue weighted by molar-refractivity contribution is 5.69. The van der Waals surface area contributed by atoms with Crippen molar-refractivity contribution in [2.75, 3.05) is 20.3 Å². The SMILES string of the molecule is CCOC(=O)CCOCc1ccc(COC(=O)OC)cc1. The van der Waals surface area contributed by atoms with Crippen LogP contribution in [0.2, 0.25) is 0 Å². The van der Waals surface area contributed by atoms with E-state index in [0.717, 1.165) is 11.1 Å². The number of carbonyl (C=O) groups is 2. The average molecular weight is 296 g/mol. The van der Waals surface area contributed by atoms with Gasteiger partial charge < -0.3 is 18.9 Å². The molecule has 0 aliphatic rings. The summed E-state index contributed by atoms with van der Waals surface area (Å²) >= 11 is 0. The van der Waals surface area contributed by atoms with Crippen LogP contribution < -0.4 is 0 Å². The first kappa shape index (κ1) is 17.0. The van der Waals surface area contributed by atoms with Gasteiger partial charge in [-0.25, -0.2) is 4.79 Å². The van der Waals surface area contributed by atoms with Crippen LogP contribution in [0.1, 0.15) is 24.5 Å². The van der Waals surface area contributed by atoms with Crippen molar-refractivity contribution >= 4 is 12.1 Å². The zero-order valence-electron chi connectivity index (χ0n) is 12.3. The number of methoxy groups -OCH3 is 1. The summed E-state index contributed by atoms with van der Waals surface area (Å²) in [5.41, 5.74) is 1.83. The third kappa shape index (κ3) is 7.31. The standard InChI is InChI=1S/C15H20O6/c1-3-20-14(16)8-9-19-10-12-4-6-13(7-5-12)11-21-15(17)18-2/h4-7H,3,8-11H2,1-2H3. The van der Waals surface area contributed by atoms with Crippen LogP contribution in [-0.2, 0) is 37.0 Å². The molecule has 6 nitrogen and oxygen atoms in total. The number of benzene rings is 1. The van der Waals surface area contributed by atoms with Crippen molar-refractivity contribution in [1.82, 2.24) is 0 Å². The van der Waals surface area contributed by atoms with Gasteiger partial charge in [-0.1, -0.05) is 24.3 Å². The molecule has 21 heavy (non-hydrogen) atoms. The minimum Gasteiger partial charge on any atom is -0.466 e. The van der Waals surface area contributed by atoms with E-state index in [0.29, 0.717) is 19.8 Å². The van der Waals surface area contributed by atoms with Crippen molar-refractivity contribution in [3.8, 4) is 0 Å². The van der Waals surface area contributed by atoms with E-state index < -0.39 is 6.16 Å². The lowest BCUT2D eigenvalue weighted by Gasteiger charge is -2.06. The molecule has 0 atom stereocenters. The summed E-state index contributed by atoms with van der Waals surface area (Å²) in [6.45, 7) is 3.05. The maximum absolute atomic E-state index is 11.1. The van der Waals surface area contributed by atoms with Gasteiger partial charge >= 0.3 is 12.1 Å². The molecule has 6 heteroatoms. The van der Waals surface area contributed by atoms with Crippen LogP contribution in [-0.4, -0.2) is 32.4 Å². The second kappa shape index (κ2) is 9.77. The number of esters is 1. The van der Waals surface area contributed by atoms with Gasteiger partial charge in [0.15, 0.2) is 0 Å². The van der Waals surface area contributed by atoms with Gasteiger partial charge in [0.05, 0.1) is 33.4 Å². The first-order chi connectivity index (χ1) is 10.2. The monoisotopic (exact) mass is 296 g/mol. The lowest BCUT2D eigenvalue weighted by atomic mass is 10.1. The van der Waals surface area contributed by atoms with Gasteiger partial charge in [-0.05, 0) is 18.1 Å². The Bertz CT molecular complexity index is 440. The molecule has 0 bridgehead atoms. The van der Waals surface area contributed by atoms with Gasteiger partial charge in [0.2, 0.25) is 0 Å². The lowest BCUT2D eigenvalue weighted by Crippen LogP contribution is -2.08. The van der Waals surface area contributed by atoms with Gasteiger partial charge in [-0.2, -0.15) is 0 Å². The quantitative estimate of drug-likeness (QED) is 0.542. The molecule has 0 unspecified atom stereocenters. The van der Waals surface area contributed by atoms with E-state index in [9.17, 15) is 9.59 Å². The summed E-state index contributed by atoms with van der Waals surface area (Å²) in [6, 6.07) is 7.43. The summed E-state index contributed by atoms with van der Waals surface area (Å²) < 4.78 is 19.4. The van der Waals surface area contributed by atoms with E-state index in [2.05, 4.69) is 4.74 Å². The maximum atomic E-state index is 11.1. The maximum Gasteiger partial charge on any atom is 0.508 e. The van der Waals surface area contributed by atoms with Crippen LogP contribution in [0.3, 0.4) is 0 Å². The van der Waals surface area contributed by atoms with Gasteiger partial charge in [0, 0.05) is 0 Å². The largest absolute Gasteiger partial charge is 0.508 e. The van der Waals surface area contributed by atoms with Crippen LogP contribution in [0.25, 0.3) is 0 Å². The molecule has 0 heterocycles. The number of carbonyl (C=O) groups excluding carboxylic acids is 2. The van der Waals surface area contributed by atoms with Crippen molar-refractivity contribution in [2.45, 2.75) is 26.6 Å². The van der Waals surface area contributed by atoms with Gasteiger partial charge in [-0.15, -0.1) is 0 Å². The molecule has 0 saturated carbocycles. The van der Waals surface area contributed by atoms with Crippen LogP contribution in [0.5, 0.6) is 0 Å². The van der Waals surface area contributed by atoms with Crippen LogP contribution in [0.4, 0.5) is 4.79 Å². The predicted molar refractivity (Wildman–Crippen MR) is 74.5 cm³/mol. The second-order valence-electron chi connectivity index (χ2n) is 4.17. The van der Waals surface area contributed by atoms with Crippen molar-refractivity contribution in [1.29, 1.82) is 0 Å². The molecule has 0 aliphatic carbocycles. The van der Waals surface area contributed by atoms with Gasteiger partial charge in [0.25, 0.3) is 0 Å². The fourth-order valence-corrected chi connectivity index (χ4v) is 1.51. The fraction of sp³-hybridized carbons (Fsp3) is 0.467. The van der Waals surface area contributed by atoms with Crippen molar-refractivity contribution in [2.24, 2.45) is 0 Å². The molecule has 0 amide bonds. The van der Waals surface area contributed by atoms with Crippen LogP contribution in [0.15, 0.2) is 24.3 Å². The molecule has 1 aromatic rings. The molecular formula is C15H20O6. The Labute approximate surface area is 123 Å². The highest BCUT2D eigenvalue weighted by atomic mass is 16.7. The predicted octanol–water partition coefficient (Wildman–Crippen LogP) is 2.44. The van der Waals surface area contributed by atoms with Crippen molar-refractivity contribution in [3.63, 3.8) is 0 Å².